The third-order valence-corrected chi connectivity index (χ3v) is 5.30. The van der Waals surface area contributed by atoms with Gasteiger partial charge in [0.05, 0.1) is 26.1 Å². The molecule has 1 aliphatic carbocycles. The maximum absolute atomic E-state index is 11.8. The van der Waals surface area contributed by atoms with E-state index in [0.29, 0.717) is 11.1 Å². The molecule has 0 unspecified atom stereocenters. The molecule has 4 N–H and O–H groups in total. The lowest BCUT2D eigenvalue weighted by Gasteiger charge is -2.48. The van der Waals surface area contributed by atoms with Crippen LogP contribution >= 0.6 is 0 Å². The summed E-state index contributed by atoms with van der Waals surface area (Å²) < 4.78 is 10.2. The van der Waals surface area contributed by atoms with Crippen LogP contribution in [0.1, 0.15) is 23.0 Å². The second-order valence-electron chi connectivity index (χ2n) is 6.64. The SMILES string of the molecule is COc1cc([C@@H]2[C@H](C(=O)O)[C@@H](C(=O)O)[C@H]2c2ccc(O)c(OC)c2)ccc1O. The number of carboxylic acids is 2. The molecule has 0 bridgehead atoms. The van der Waals surface area contributed by atoms with Gasteiger partial charge in [0.1, 0.15) is 0 Å². The van der Waals surface area contributed by atoms with E-state index < -0.39 is 35.6 Å². The lowest BCUT2D eigenvalue weighted by atomic mass is 9.52. The van der Waals surface area contributed by atoms with Gasteiger partial charge in [0, 0.05) is 11.8 Å². The van der Waals surface area contributed by atoms with Crippen LogP contribution in [0.2, 0.25) is 0 Å². The number of carboxylic acid groups (broad SMARTS) is 2. The fraction of sp³-hybridized carbons (Fsp3) is 0.300. The fourth-order valence-corrected chi connectivity index (χ4v) is 3.99. The van der Waals surface area contributed by atoms with E-state index in [0.717, 1.165) is 0 Å². The van der Waals surface area contributed by atoms with Crippen LogP contribution in [0.5, 0.6) is 23.0 Å². The van der Waals surface area contributed by atoms with Gasteiger partial charge in [0.25, 0.3) is 0 Å². The molecule has 8 heteroatoms. The molecule has 0 aliphatic heterocycles. The van der Waals surface area contributed by atoms with Crippen molar-refractivity contribution in [3.8, 4) is 23.0 Å². The van der Waals surface area contributed by atoms with Crippen molar-refractivity contribution in [2.24, 2.45) is 11.8 Å². The van der Waals surface area contributed by atoms with E-state index in [1.807, 2.05) is 0 Å². The molecule has 0 amide bonds. The number of methoxy groups -OCH3 is 2. The number of hydrogen-bond acceptors (Lipinski definition) is 6. The smallest absolute Gasteiger partial charge is 0.308 e. The number of aliphatic carboxylic acids is 2. The number of aromatic hydroxyl groups is 2. The minimum Gasteiger partial charge on any atom is -0.504 e. The maximum atomic E-state index is 11.8. The molecule has 4 atom stereocenters. The van der Waals surface area contributed by atoms with Crippen molar-refractivity contribution in [1.82, 2.24) is 0 Å². The third kappa shape index (κ3) is 3.06. The molecule has 8 nitrogen and oxygen atoms in total. The normalized spacial score (nSPS) is 23.5. The van der Waals surface area contributed by atoms with Gasteiger partial charge in [-0.3, -0.25) is 9.59 Å². The van der Waals surface area contributed by atoms with Crippen molar-refractivity contribution in [2.75, 3.05) is 14.2 Å². The molecule has 148 valence electrons. The van der Waals surface area contributed by atoms with Crippen LogP contribution in [0.25, 0.3) is 0 Å². The predicted molar refractivity (Wildman–Crippen MR) is 97.1 cm³/mol. The molecule has 2 aromatic carbocycles. The first-order chi connectivity index (χ1) is 13.3. The zero-order valence-electron chi connectivity index (χ0n) is 15.2. The van der Waals surface area contributed by atoms with Crippen LogP contribution in [0, 0.1) is 11.8 Å². The number of ether oxygens (including phenoxy) is 2. The number of carbonyl (C=O) groups is 2. The van der Waals surface area contributed by atoms with Gasteiger partial charge in [0.15, 0.2) is 23.0 Å². The zero-order valence-corrected chi connectivity index (χ0v) is 15.2. The molecular weight excluding hydrogens is 368 g/mol. The van der Waals surface area contributed by atoms with Crippen molar-refractivity contribution >= 4 is 11.9 Å². The van der Waals surface area contributed by atoms with Crippen LogP contribution in [-0.2, 0) is 9.59 Å². The van der Waals surface area contributed by atoms with Gasteiger partial charge in [-0.1, -0.05) is 12.1 Å². The van der Waals surface area contributed by atoms with Gasteiger partial charge in [0.2, 0.25) is 0 Å². The summed E-state index contributed by atoms with van der Waals surface area (Å²) in [6.07, 6.45) is 0. The molecule has 1 aliphatic rings. The van der Waals surface area contributed by atoms with E-state index in [1.165, 1.54) is 38.5 Å². The lowest BCUT2D eigenvalue weighted by molar-refractivity contribution is -0.164. The Balaban J connectivity index is 2.13. The number of phenolic OH excluding ortho intramolecular Hbond substituents is 2. The molecule has 1 fully saturated rings. The molecule has 0 saturated heterocycles. The highest BCUT2D eigenvalue weighted by atomic mass is 16.5. The second-order valence-corrected chi connectivity index (χ2v) is 6.64. The summed E-state index contributed by atoms with van der Waals surface area (Å²) in [7, 11) is 2.74. The Morgan fingerprint density at radius 2 is 1.11 bits per heavy atom. The van der Waals surface area contributed by atoms with E-state index in [1.54, 1.807) is 12.1 Å². The predicted octanol–water partition coefficient (Wildman–Crippen LogP) is 2.40. The monoisotopic (exact) mass is 388 g/mol. The Hall–Kier alpha value is -3.42. The molecule has 28 heavy (non-hydrogen) atoms. The zero-order chi connectivity index (χ0) is 20.6. The average molecular weight is 388 g/mol. The number of hydrogen-bond donors (Lipinski definition) is 4. The topological polar surface area (TPSA) is 134 Å². The molecular formula is C20H20O8. The molecule has 0 spiro atoms. The molecule has 3 rings (SSSR count). The summed E-state index contributed by atoms with van der Waals surface area (Å²) >= 11 is 0. The maximum Gasteiger partial charge on any atom is 0.308 e. The summed E-state index contributed by atoms with van der Waals surface area (Å²) in [5.74, 6) is -5.94. The van der Waals surface area contributed by atoms with E-state index >= 15 is 0 Å². The Labute approximate surface area is 160 Å². The second kappa shape index (κ2) is 7.30. The van der Waals surface area contributed by atoms with Crippen LogP contribution in [0.15, 0.2) is 36.4 Å². The van der Waals surface area contributed by atoms with E-state index in [2.05, 4.69) is 0 Å². The lowest BCUT2D eigenvalue weighted by Crippen LogP contribution is -2.51. The van der Waals surface area contributed by atoms with Gasteiger partial charge >= 0.3 is 11.9 Å². The standard InChI is InChI=1S/C20H20O8/c1-27-13-7-9(3-5-11(13)21)15-16(18(20(25)26)17(15)19(23)24)10-4-6-12(22)14(8-10)28-2/h3-8,15-18,21-22H,1-2H3,(H,23,24)(H,25,26)/t15-,16-,17-,18-/m0/s1. The van der Waals surface area contributed by atoms with Crippen LogP contribution in [0.4, 0.5) is 0 Å². The average Bonchev–Trinajstić information content (AvgIpc) is 2.63. The fourth-order valence-electron chi connectivity index (χ4n) is 3.99. The number of rotatable bonds is 6. The van der Waals surface area contributed by atoms with Crippen LogP contribution in [0.3, 0.4) is 0 Å². The highest BCUT2D eigenvalue weighted by molar-refractivity contribution is 5.85. The summed E-state index contributed by atoms with van der Waals surface area (Å²) in [5.41, 5.74) is 1.08. The van der Waals surface area contributed by atoms with Gasteiger partial charge in [-0.15, -0.1) is 0 Å². The summed E-state index contributed by atoms with van der Waals surface area (Å²) in [4.78, 5) is 23.7. The largest absolute Gasteiger partial charge is 0.504 e. The van der Waals surface area contributed by atoms with Crippen molar-refractivity contribution in [2.45, 2.75) is 11.8 Å². The summed E-state index contributed by atoms with van der Waals surface area (Å²) in [5, 5.41) is 39.0. The Bertz CT molecular complexity index is 847. The minimum atomic E-state index is -1.22. The molecule has 0 heterocycles. The van der Waals surface area contributed by atoms with Crippen molar-refractivity contribution in [3.05, 3.63) is 47.5 Å². The molecule has 0 aromatic heterocycles. The van der Waals surface area contributed by atoms with Gasteiger partial charge in [-0.2, -0.15) is 0 Å². The Morgan fingerprint density at radius 3 is 1.39 bits per heavy atom. The quantitative estimate of drug-likeness (QED) is 0.593. The van der Waals surface area contributed by atoms with Crippen molar-refractivity contribution in [3.63, 3.8) is 0 Å². The highest BCUT2D eigenvalue weighted by Crippen LogP contribution is 2.59. The van der Waals surface area contributed by atoms with Crippen LogP contribution in [-0.4, -0.2) is 46.6 Å². The third-order valence-electron chi connectivity index (χ3n) is 5.30. The molecule has 2 aromatic rings. The van der Waals surface area contributed by atoms with Crippen molar-refractivity contribution < 1.29 is 39.5 Å². The van der Waals surface area contributed by atoms with Gasteiger partial charge in [-0.05, 0) is 35.4 Å². The van der Waals surface area contributed by atoms with Crippen LogP contribution < -0.4 is 9.47 Å². The molecule has 1 saturated carbocycles. The van der Waals surface area contributed by atoms with Crippen molar-refractivity contribution in [1.29, 1.82) is 0 Å². The first-order valence-corrected chi connectivity index (χ1v) is 8.49. The first-order valence-electron chi connectivity index (χ1n) is 8.49. The van der Waals surface area contributed by atoms with Gasteiger partial charge in [-0.25, -0.2) is 0 Å². The van der Waals surface area contributed by atoms with Gasteiger partial charge < -0.3 is 29.9 Å². The molecule has 0 radical (unpaired) electrons. The van der Waals surface area contributed by atoms with E-state index in [4.69, 9.17) is 9.47 Å². The number of phenols is 2. The van der Waals surface area contributed by atoms with E-state index in [-0.39, 0.29) is 23.0 Å². The van der Waals surface area contributed by atoms with E-state index in [9.17, 15) is 30.0 Å². The summed E-state index contributed by atoms with van der Waals surface area (Å²) in [6.45, 7) is 0. The number of benzene rings is 2. The Kier molecular flexibility index (Phi) is 5.04. The minimum absolute atomic E-state index is 0.102. The summed E-state index contributed by atoms with van der Waals surface area (Å²) in [6, 6.07) is 8.91. The highest BCUT2D eigenvalue weighted by Gasteiger charge is 2.59. The first kappa shape index (κ1) is 19.3. The Morgan fingerprint density at radius 1 is 0.750 bits per heavy atom.